The number of esters is 3. The maximum Gasteiger partial charge on any atom is 0.306 e. The largest absolute Gasteiger partial charge is 0.462 e. The molecule has 0 bridgehead atoms. The van der Waals surface area contributed by atoms with Crippen molar-refractivity contribution in [2.24, 2.45) is 0 Å². The van der Waals surface area contributed by atoms with Gasteiger partial charge in [0.05, 0.1) is 0 Å². The molecule has 404 valence electrons. The highest BCUT2D eigenvalue weighted by molar-refractivity contribution is 5.71. The van der Waals surface area contributed by atoms with Gasteiger partial charge < -0.3 is 14.2 Å². The van der Waals surface area contributed by atoms with E-state index in [1.54, 1.807) is 0 Å². The van der Waals surface area contributed by atoms with Crippen molar-refractivity contribution in [3.8, 4) is 0 Å². The summed E-state index contributed by atoms with van der Waals surface area (Å²) in [4.78, 5) is 38.2. The van der Waals surface area contributed by atoms with E-state index in [-0.39, 0.29) is 37.5 Å². The maximum absolute atomic E-state index is 12.9. The van der Waals surface area contributed by atoms with E-state index in [4.69, 9.17) is 14.2 Å². The van der Waals surface area contributed by atoms with Gasteiger partial charge in [-0.15, -0.1) is 0 Å². The van der Waals surface area contributed by atoms with Gasteiger partial charge in [0, 0.05) is 19.3 Å². The lowest BCUT2D eigenvalue weighted by atomic mass is 10.1. The minimum Gasteiger partial charge on any atom is -0.462 e. The molecule has 71 heavy (non-hydrogen) atoms. The number of rotatable bonds is 52. The molecule has 6 nitrogen and oxygen atoms in total. The molecule has 1 atom stereocenters. The van der Waals surface area contributed by atoms with Crippen molar-refractivity contribution in [3.63, 3.8) is 0 Å². The first-order valence-electron chi connectivity index (χ1n) is 29.4. The summed E-state index contributed by atoms with van der Waals surface area (Å²) in [5, 5.41) is 0. The summed E-state index contributed by atoms with van der Waals surface area (Å²) >= 11 is 0. The molecule has 0 aromatic heterocycles. The molecule has 0 unspecified atom stereocenters. The van der Waals surface area contributed by atoms with Crippen LogP contribution in [-0.2, 0) is 28.6 Å². The van der Waals surface area contributed by atoms with E-state index in [9.17, 15) is 14.4 Å². The second kappa shape index (κ2) is 58.6. The number of carbonyl (C=O) groups excluding carboxylic acids is 3. The third-order valence-corrected chi connectivity index (χ3v) is 12.2. The fraction of sp³-hybridized carbons (Fsp3) is 0.677. The number of hydrogen-bond donors (Lipinski definition) is 0. The van der Waals surface area contributed by atoms with Crippen molar-refractivity contribution in [1.82, 2.24) is 0 Å². The fourth-order valence-electron chi connectivity index (χ4n) is 7.77. The van der Waals surface area contributed by atoms with Crippen molar-refractivity contribution in [1.29, 1.82) is 0 Å². The van der Waals surface area contributed by atoms with Crippen LogP contribution in [0.4, 0.5) is 0 Å². The summed E-state index contributed by atoms with van der Waals surface area (Å²) in [6.45, 7) is 6.51. The Labute approximate surface area is 438 Å². The number of allylic oxidation sites excluding steroid dienone is 18. The Kier molecular flexibility index (Phi) is 55.4. The van der Waals surface area contributed by atoms with Crippen LogP contribution in [0.3, 0.4) is 0 Å². The summed E-state index contributed by atoms with van der Waals surface area (Å²) in [5.74, 6) is -1.00. The average molecular weight is 986 g/mol. The van der Waals surface area contributed by atoms with Crippen molar-refractivity contribution >= 4 is 17.9 Å². The minimum absolute atomic E-state index is 0.115. The Balaban J connectivity index is 4.54. The van der Waals surface area contributed by atoms with E-state index in [0.29, 0.717) is 19.3 Å². The molecule has 0 amide bonds. The van der Waals surface area contributed by atoms with Gasteiger partial charge in [-0.1, -0.05) is 226 Å². The smallest absolute Gasteiger partial charge is 0.306 e. The molecular weight excluding hydrogens is 877 g/mol. The lowest BCUT2D eigenvalue weighted by Gasteiger charge is -2.18. The SMILES string of the molecule is CCCCC/C=C\C/C=C\C/C=C\C/C=C\CCCCCC(=O)OC[C@H](COC(=O)CCC/C=C\C/C=C\C/C=C\C/C=C\CCCCC)OC(=O)CCCCCCCCC/C=C\CCCCCCCC. The lowest BCUT2D eigenvalue weighted by molar-refractivity contribution is -0.167. The van der Waals surface area contributed by atoms with Gasteiger partial charge in [-0.3, -0.25) is 14.4 Å². The van der Waals surface area contributed by atoms with Crippen LogP contribution in [-0.4, -0.2) is 37.2 Å². The predicted molar refractivity (Wildman–Crippen MR) is 307 cm³/mol. The van der Waals surface area contributed by atoms with Gasteiger partial charge in [0.25, 0.3) is 0 Å². The van der Waals surface area contributed by atoms with E-state index < -0.39 is 6.10 Å². The summed E-state index contributed by atoms with van der Waals surface area (Å²) in [7, 11) is 0. The molecule has 0 aliphatic heterocycles. The predicted octanol–water partition coefficient (Wildman–Crippen LogP) is 19.9. The van der Waals surface area contributed by atoms with E-state index in [1.165, 1.54) is 128 Å². The van der Waals surface area contributed by atoms with Gasteiger partial charge >= 0.3 is 17.9 Å². The molecule has 0 saturated carbocycles. The zero-order valence-corrected chi connectivity index (χ0v) is 46.2. The molecule has 0 rings (SSSR count). The molecule has 0 saturated heterocycles. The first-order chi connectivity index (χ1) is 35.0. The quantitative estimate of drug-likeness (QED) is 0.0261. The van der Waals surface area contributed by atoms with E-state index in [1.807, 2.05) is 0 Å². The van der Waals surface area contributed by atoms with Crippen LogP contribution in [0.2, 0.25) is 0 Å². The Morgan fingerprint density at radius 1 is 0.282 bits per heavy atom. The molecule has 0 heterocycles. The Bertz CT molecular complexity index is 1460. The van der Waals surface area contributed by atoms with E-state index >= 15 is 0 Å². The molecule has 6 heteroatoms. The number of hydrogen-bond acceptors (Lipinski definition) is 6. The van der Waals surface area contributed by atoms with Crippen LogP contribution < -0.4 is 0 Å². The molecule has 0 aromatic carbocycles. The summed E-state index contributed by atoms with van der Waals surface area (Å²) < 4.78 is 16.8. The topological polar surface area (TPSA) is 78.9 Å². The van der Waals surface area contributed by atoms with E-state index in [2.05, 4.69) is 130 Å². The highest BCUT2D eigenvalue weighted by atomic mass is 16.6. The van der Waals surface area contributed by atoms with Crippen LogP contribution >= 0.6 is 0 Å². The molecule has 0 fully saturated rings. The molecule has 0 N–H and O–H groups in total. The second-order valence-electron chi connectivity index (χ2n) is 19.2. The van der Waals surface area contributed by atoms with Crippen molar-refractivity contribution in [3.05, 3.63) is 109 Å². The van der Waals surface area contributed by atoms with Crippen LogP contribution in [0.1, 0.15) is 265 Å². The molecule has 0 aliphatic rings. The molecule has 0 aliphatic carbocycles. The van der Waals surface area contributed by atoms with Gasteiger partial charge in [0.2, 0.25) is 0 Å². The van der Waals surface area contributed by atoms with Gasteiger partial charge in [-0.2, -0.15) is 0 Å². The van der Waals surface area contributed by atoms with Crippen molar-refractivity contribution in [2.45, 2.75) is 271 Å². The van der Waals surface area contributed by atoms with Gasteiger partial charge in [-0.25, -0.2) is 0 Å². The van der Waals surface area contributed by atoms with Gasteiger partial charge in [0.15, 0.2) is 6.10 Å². The van der Waals surface area contributed by atoms with Crippen LogP contribution in [0, 0.1) is 0 Å². The van der Waals surface area contributed by atoms with Crippen LogP contribution in [0.15, 0.2) is 109 Å². The normalized spacial score (nSPS) is 12.9. The van der Waals surface area contributed by atoms with Crippen LogP contribution in [0.25, 0.3) is 0 Å². The molecule has 0 radical (unpaired) electrons. The second-order valence-corrected chi connectivity index (χ2v) is 19.2. The average Bonchev–Trinajstić information content (AvgIpc) is 3.37. The Morgan fingerprint density at radius 2 is 0.521 bits per heavy atom. The summed E-state index contributed by atoms with van der Waals surface area (Å²) in [6, 6.07) is 0. The third kappa shape index (κ3) is 56.9. The Hall–Kier alpha value is -3.93. The minimum atomic E-state index is -0.818. The molecule has 0 aromatic rings. The first-order valence-corrected chi connectivity index (χ1v) is 29.4. The van der Waals surface area contributed by atoms with Gasteiger partial charge in [-0.05, 0) is 128 Å². The van der Waals surface area contributed by atoms with Crippen LogP contribution in [0.5, 0.6) is 0 Å². The van der Waals surface area contributed by atoms with Crippen molar-refractivity contribution < 1.29 is 28.6 Å². The molecule has 0 spiro atoms. The van der Waals surface area contributed by atoms with E-state index in [0.717, 1.165) is 89.9 Å². The maximum atomic E-state index is 12.9. The third-order valence-electron chi connectivity index (χ3n) is 12.2. The van der Waals surface area contributed by atoms with Crippen molar-refractivity contribution in [2.75, 3.05) is 13.2 Å². The molecular formula is C65H108O6. The fourth-order valence-corrected chi connectivity index (χ4v) is 7.77. The standard InChI is InChI=1S/C65H108O6/c1-4-7-10-13-16-19-22-25-28-31-32-35-37-40-43-46-49-52-55-58-64(67)70-61-62(71-65(68)59-56-53-50-47-44-41-38-34-30-27-24-21-18-15-12-9-6-3)60-69-63(66)57-54-51-48-45-42-39-36-33-29-26-23-20-17-14-11-8-5-2/h16-17,19-20,25-30,32,35-36,39-40,43,45,48,62H,4-15,18,21-24,31,33-34,37-38,41-42,44,46-47,49-61H2,1-3H3/b19-16-,20-17-,28-25-,29-26-,30-27-,35-32-,39-36-,43-40-,48-45-/t62-/m0/s1. The monoisotopic (exact) mass is 985 g/mol. The highest BCUT2D eigenvalue weighted by Gasteiger charge is 2.19. The lowest BCUT2D eigenvalue weighted by Crippen LogP contribution is -2.30. The Morgan fingerprint density at radius 3 is 0.901 bits per heavy atom. The number of carbonyl (C=O) groups is 3. The number of unbranched alkanes of at least 4 members (excludes halogenated alkanes) is 23. The zero-order chi connectivity index (χ0) is 51.4. The van der Waals surface area contributed by atoms with Gasteiger partial charge in [0.1, 0.15) is 13.2 Å². The highest BCUT2D eigenvalue weighted by Crippen LogP contribution is 2.14. The summed E-state index contributed by atoms with van der Waals surface area (Å²) in [6.07, 6.45) is 79.4. The first kappa shape index (κ1) is 67.1. The zero-order valence-electron chi connectivity index (χ0n) is 46.2. The summed E-state index contributed by atoms with van der Waals surface area (Å²) in [5.41, 5.74) is 0. The number of ether oxygens (including phenoxy) is 3.